The van der Waals surface area contributed by atoms with Crippen molar-refractivity contribution in [2.45, 2.75) is 12.5 Å². The van der Waals surface area contributed by atoms with Crippen molar-refractivity contribution in [3.8, 4) is 5.75 Å². The quantitative estimate of drug-likeness (QED) is 0.822. The molecule has 1 heterocycles. The van der Waals surface area contributed by atoms with E-state index >= 15 is 0 Å². The lowest BCUT2D eigenvalue weighted by molar-refractivity contribution is -0.116. The molecule has 0 aliphatic carbocycles. The number of amidine groups is 1. The fraction of sp³-hybridized carbons (Fsp3) is 0.263. The Morgan fingerprint density at radius 2 is 1.96 bits per heavy atom. The Hall–Kier alpha value is -2.18. The summed E-state index contributed by atoms with van der Waals surface area (Å²) in [5.74, 6) is 1.62. The van der Waals surface area contributed by atoms with Crippen LogP contribution in [0.2, 0.25) is 5.02 Å². The molecule has 1 aliphatic rings. The summed E-state index contributed by atoms with van der Waals surface area (Å²) in [6, 6.07) is 14.8. The Kier molecular flexibility index (Phi) is 6.06. The van der Waals surface area contributed by atoms with Gasteiger partial charge in [-0.05, 0) is 48.5 Å². The molecule has 0 saturated carbocycles. The molecule has 1 aliphatic heterocycles. The van der Waals surface area contributed by atoms with Gasteiger partial charge in [-0.1, -0.05) is 23.4 Å². The Balaban J connectivity index is 1.59. The van der Waals surface area contributed by atoms with E-state index in [1.165, 1.54) is 0 Å². The van der Waals surface area contributed by atoms with E-state index in [0.717, 1.165) is 28.0 Å². The summed E-state index contributed by atoms with van der Waals surface area (Å²) in [7, 11) is 3.61. The highest BCUT2D eigenvalue weighted by atomic mass is 35.5. The van der Waals surface area contributed by atoms with Crippen LogP contribution < -0.4 is 10.1 Å². The molecule has 26 heavy (non-hydrogen) atoms. The average Bonchev–Trinajstić information content (AvgIpc) is 2.97. The minimum atomic E-state index is -0.0181. The van der Waals surface area contributed by atoms with Crippen LogP contribution in [0.1, 0.15) is 6.42 Å². The van der Waals surface area contributed by atoms with E-state index in [1.54, 1.807) is 43.1 Å². The number of nitrogens with one attached hydrogen (secondary N) is 1. The maximum atomic E-state index is 12.3. The van der Waals surface area contributed by atoms with Crippen molar-refractivity contribution in [3.63, 3.8) is 0 Å². The first kappa shape index (κ1) is 18.6. The van der Waals surface area contributed by atoms with Crippen molar-refractivity contribution < 1.29 is 9.53 Å². The van der Waals surface area contributed by atoms with Gasteiger partial charge in [0.1, 0.15) is 5.75 Å². The Morgan fingerprint density at radius 3 is 2.62 bits per heavy atom. The number of benzene rings is 2. The van der Waals surface area contributed by atoms with Gasteiger partial charge in [-0.2, -0.15) is 0 Å². The van der Waals surface area contributed by atoms with E-state index in [-0.39, 0.29) is 11.9 Å². The molecule has 1 N–H and O–H groups in total. The molecule has 0 aromatic heterocycles. The maximum absolute atomic E-state index is 12.3. The predicted octanol–water partition coefficient (Wildman–Crippen LogP) is 4.41. The SMILES string of the molecule is COc1ccc(N=C2SCC(CC(=O)Nc3ccc(Cl)cc3)N2C)cc1. The monoisotopic (exact) mass is 389 g/mol. The van der Waals surface area contributed by atoms with Crippen LogP contribution in [0.15, 0.2) is 53.5 Å². The molecule has 1 atom stereocenters. The highest BCUT2D eigenvalue weighted by molar-refractivity contribution is 8.14. The summed E-state index contributed by atoms with van der Waals surface area (Å²) in [5.41, 5.74) is 1.62. The van der Waals surface area contributed by atoms with E-state index in [1.807, 2.05) is 31.3 Å². The van der Waals surface area contributed by atoms with Gasteiger partial charge >= 0.3 is 0 Å². The van der Waals surface area contributed by atoms with Crippen molar-refractivity contribution in [3.05, 3.63) is 53.6 Å². The van der Waals surface area contributed by atoms with Gasteiger partial charge < -0.3 is 15.0 Å². The molecule has 2 aromatic rings. The van der Waals surface area contributed by atoms with Crippen LogP contribution in [0.3, 0.4) is 0 Å². The van der Waals surface area contributed by atoms with Crippen LogP contribution in [0.25, 0.3) is 0 Å². The minimum Gasteiger partial charge on any atom is -0.497 e. The number of ether oxygens (including phenoxy) is 1. The first-order valence-electron chi connectivity index (χ1n) is 8.19. The maximum Gasteiger partial charge on any atom is 0.226 e. The van der Waals surface area contributed by atoms with Crippen molar-refractivity contribution in [2.24, 2.45) is 4.99 Å². The Labute approximate surface area is 162 Å². The standard InChI is InChI=1S/C19H20ClN3O2S/c1-23-16(11-18(24)21-14-5-3-13(20)4-6-14)12-26-19(23)22-15-7-9-17(25-2)10-8-15/h3-10,16H,11-12H2,1-2H3,(H,21,24). The number of rotatable bonds is 5. The second-order valence-corrected chi connectivity index (χ2v) is 7.35. The lowest BCUT2D eigenvalue weighted by atomic mass is 10.2. The Bertz CT molecular complexity index is 793. The van der Waals surface area contributed by atoms with Gasteiger partial charge in [0.2, 0.25) is 5.91 Å². The second-order valence-electron chi connectivity index (χ2n) is 5.93. The highest BCUT2D eigenvalue weighted by Crippen LogP contribution is 2.28. The second kappa shape index (κ2) is 8.47. The zero-order valence-electron chi connectivity index (χ0n) is 14.6. The molecule has 0 spiro atoms. The number of thioether (sulfide) groups is 1. The van der Waals surface area contributed by atoms with Crippen molar-refractivity contribution in [1.29, 1.82) is 0 Å². The number of anilines is 1. The van der Waals surface area contributed by atoms with Gasteiger partial charge in [-0.15, -0.1) is 0 Å². The minimum absolute atomic E-state index is 0.0181. The third-order valence-electron chi connectivity index (χ3n) is 4.10. The Morgan fingerprint density at radius 1 is 1.27 bits per heavy atom. The molecule has 1 unspecified atom stereocenters. The molecule has 1 fully saturated rings. The van der Waals surface area contributed by atoms with Crippen LogP contribution in [-0.2, 0) is 4.79 Å². The van der Waals surface area contributed by atoms with Gasteiger partial charge in [0.05, 0.1) is 12.8 Å². The molecule has 3 rings (SSSR count). The number of methoxy groups -OCH3 is 1. The molecule has 2 aromatic carbocycles. The summed E-state index contributed by atoms with van der Waals surface area (Å²) >= 11 is 7.52. The molecule has 1 amide bonds. The van der Waals surface area contributed by atoms with Crippen molar-refractivity contribution in [2.75, 3.05) is 25.2 Å². The number of halogens is 1. The average molecular weight is 390 g/mol. The first-order valence-corrected chi connectivity index (χ1v) is 9.55. The van der Waals surface area contributed by atoms with Crippen molar-refractivity contribution in [1.82, 2.24) is 4.90 Å². The largest absolute Gasteiger partial charge is 0.497 e. The zero-order chi connectivity index (χ0) is 18.5. The van der Waals surface area contributed by atoms with Gasteiger partial charge in [0.15, 0.2) is 5.17 Å². The van der Waals surface area contributed by atoms with Gasteiger partial charge in [-0.3, -0.25) is 4.79 Å². The van der Waals surface area contributed by atoms with Crippen molar-refractivity contribution >= 4 is 45.8 Å². The number of aliphatic imine (C=N–C) groups is 1. The highest BCUT2D eigenvalue weighted by Gasteiger charge is 2.29. The third kappa shape index (κ3) is 4.71. The van der Waals surface area contributed by atoms with Gasteiger partial charge in [-0.25, -0.2) is 4.99 Å². The summed E-state index contributed by atoms with van der Waals surface area (Å²) in [6.45, 7) is 0. The first-order chi connectivity index (χ1) is 12.5. The van der Waals surface area contributed by atoms with Crippen LogP contribution in [0.5, 0.6) is 5.75 Å². The molecule has 1 saturated heterocycles. The fourth-order valence-electron chi connectivity index (χ4n) is 2.57. The molecular formula is C19H20ClN3O2S. The van der Waals surface area contributed by atoms with Gasteiger partial charge in [0, 0.05) is 36.0 Å². The number of nitrogens with zero attached hydrogens (tertiary/aromatic N) is 2. The van der Waals surface area contributed by atoms with Crippen LogP contribution in [-0.4, -0.2) is 41.9 Å². The van der Waals surface area contributed by atoms with Crippen LogP contribution >= 0.6 is 23.4 Å². The number of carbonyl (C=O) groups is 1. The fourth-order valence-corrected chi connectivity index (χ4v) is 3.91. The van der Waals surface area contributed by atoms with Crippen LogP contribution in [0, 0.1) is 0 Å². The number of hydrogen-bond donors (Lipinski definition) is 1. The van der Waals surface area contributed by atoms with E-state index in [4.69, 9.17) is 16.3 Å². The molecule has 5 nitrogen and oxygen atoms in total. The van der Waals surface area contributed by atoms with E-state index in [9.17, 15) is 4.79 Å². The normalized spacial score (nSPS) is 18.2. The number of carbonyl (C=O) groups excluding carboxylic acids is 1. The molecule has 7 heteroatoms. The molecule has 136 valence electrons. The van der Waals surface area contributed by atoms with Gasteiger partial charge in [0.25, 0.3) is 0 Å². The summed E-state index contributed by atoms with van der Waals surface area (Å²) in [6.07, 6.45) is 0.410. The van der Waals surface area contributed by atoms with E-state index in [0.29, 0.717) is 11.4 Å². The summed E-state index contributed by atoms with van der Waals surface area (Å²) in [4.78, 5) is 19.0. The smallest absolute Gasteiger partial charge is 0.226 e. The van der Waals surface area contributed by atoms with E-state index < -0.39 is 0 Å². The van der Waals surface area contributed by atoms with E-state index in [2.05, 4.69) is 15.2 Å². The molecular weight excluding hydrogens is 370 g/mol. The lowest BCUT2D eigenvalue weighted by Gasteiger charge is -2.20. The summed E-state index contributed by atoms with van der Waals surface area (Å²) in [5, 5.41) is 4.47. The summed E-state index contributed by atoms with van der Waals surface area (Å²) < 4.78 is 5.16. The molecule has 0 bridgehead atoms. The van der Waals surface area contributed by atoms with Crippen LogP contribution in [0.4, 0.5) is 11.4 Å². The predicted molar refractivity (Wildman–Crippen MR) is 109 cm³/mol. The topological polar surface area (TPSA) is 53.9 Å². The molecule has 0 radical (unpaired) electrons. The number of amides is 1. The lowest BCUT2D eigenvalue weighted by Crippen LogP contribution is -2.33. The third-order valence-corrected chi connectivity index (χ3v) is 5.54. The number of hydrogen-bond acceptors (Lipinski definition) is 4. The zero-order valence-corrected chi connectivity index (χ0v) is 16.2.